The van der Waals surface area contributed by atoms with Crippen LogP contribution >= 0.6 is 0 Å². The highest BCUT2D eigenvalue weighted by Crippen LogP contribution is 2.35. The van der Waals surface area contributed by atoms with Gasteiger partial charge in [-0.15, -0.1) is 0 Å². The van der Waals surface area contributed by atoms with E-state index in [2.05, 4.69) is 0 Å². The highest BCUT2D eigenvalue weighted by Gasteiger charge is 2.21. The van der Waals surface area contributed by atoms with Crippen molar-refractivity contribution in [3.63, 3.8) is 0 Å². The molecule has 3 aromatic carbocycles. The molecule has 1 aliphatic rings. The summed E-state index contributed by atoms with van der Waals surface area (Å²) < 4.78 is 26.3. The number of ether oxygens (including phenoxy) is 2. The van der Waals surface area contributed by atoms with E-state index in [1.54, 1.807) is 59.2 Å². The maximum atomic E-state index is 13.7. The molecule has 4 aromatic rings. The van der Waals surface area contributed by atoms with E-state index < -0.39 is 0 Å². The maximum Gasteiger partial charge on any atom is 0.231 e. The van der Waals surface area contributed by atoms with Gasteiger partial charge in [0.25, 0.3) is 0 Å². The average molecular weight is 401 g/mol. The second kappa shape index (κ2) is 7.15. The highest BCUT2D eigenvalue weighted by molar-refractivity contribution is 6.10. The molecule has 30 heavy (non-hydrogen) atoms. The first-order valence-electron chi connectivity index (χ1n) is 9.41. The van der Waals surface area contributed by atoms with Gasteiger partial charge >= 0.3 is 0 Å². The first kappa shape index (κ1) is 18.1. The Kier molecular flexibility index (Phi) is 4.32. The number of hydrogen-bond acceptors (Lipinski definition) is 4. The van der Waals surface area contributed by atoms with E-state index in [0.717, 1.165) is 0 Å². The fourth-order valence-corrected chi connectivity index (χ4v) is 3.65. The van der Waals surface area contributed by atoms with E-state index in [1.807, 2.05) is 0 Å². The summed E-state index contributed by atoms with van der Waals surface area (Å²) in [6.45, 7) is 0.350. The Labute approximate surface area is 170 Å². The highest BCUT2D eigenvalue weighted by atomic mass is 19.1. The van der Waals surface area contributed by atoms with Gasteiger partial charge in [0.05, 0.1) is 16.5 Å². The fraction of sp³-hybridized carbons (Fsp3) is 0.0833. The number of fused-ring (bicyclic) bond motifs is 2. The van der Waals surface area contributed by atoms with Crippen LogP contribution in [0.3, 0.4) is 0 Å². The van der Waals surface area contributed by atoms with Gasteiger partial charge in [-0.1, -0.05) is 42.5 Å². The summed E-state index contributed by atoms with van der Waals surface area (Å²) in [4.78, 5) is 26.3. The monoisotopic (exact) mass is 401 g/mol. The quantitative estimate of drug-likeness (QED) is 0.482. The van der Waals surface area contributed by atoms with Crippen molar-refractivity contribution in [1.82, 2.24) is 4.57 Å². The molecule has 6 heteroatoms. The predicted octanol–water partition coefficient (Wildman–Crippen LogP) is 4.15. The van der Waals surface area contributed by atoms with Crippen LogP contribution in [-0.2, 0) is 6.54 Å². The lowest BCUT2D eigenvalue weighted by Gasteiger charge is -2.14. The van der Waals surface area contributed by atoms with E-state index in [9.17, 15) is 14.0 Å². The molecule has 0 fully saturated rings. The molecule has 1 aliphatic heterocycles. The Morgan fingerprint density at radius 2 is 1.73 bits per heavy atom. The maximum absolute atomic E-state index is 13.7. The molecule has 0 spiro atoms. The zero-order valence-corrected chi connectivity index (χ0v) is 15.8. The molecule has 148 valence electrons. The summed E-state index contributed by atoms with van der Waals surface area (Å²) in [5.74, 6) is 0.266. The van der Waals surface area contributed by atoms with Crippen LogP contribution < -0.4 is 14.9 Å². The minimum atomic E-state index is -0.382. The first-order valence-corrected chi connectivity index (χ1v) is 9.41. The number of halogens is 1. The van der Waals surface area contributed by atoms with Gasteiger partial charge in [-0.2, -0.15) is 0 Å². The van der Waals surface area contributed by atoms with E-state index in [0.29, 0.717) is 33.5 Å². The van der Waals surface area contributed by atoms with Crippen molar-refractivity contribution >= 4 is 16.7 Å². The average Bonchev–Trinajstić information content (AvgIpc) is 3.22. The molecule has 1 aromatic heterocycles. The second-order valence-electron chi connectivity index (χ2n) is 7.05. The van der Waals surface area contributed by atoms with Crippen molar-refractivity contribution < 1.29 is 18.7 Å². The number of hydrogen-bond donors (Lipinski definition) is 0. The Hall–Kier alpha value is -3.93. The number of pyridine rings is 1. The van der Waals surface area contributed by atoms with E-state index >= 15 is 0 Å². The number of ketones is 1. The summed E-state index contributed by atoms with van der Waals surface area (Å²) in [5, 5.41) is 0.345. The molecular formula is C24H16FNO4. The lowest BCUT2D eigenvalue weighted by molar-refractivity contribution is 0.103. The standard InChI is InChI=1S/C24H16FNO4/c25-17-8-4-5-15(9-17)12-26-13-19(23(27)16-6-2-1-3-7-16)24(28)18-10-21-22(11-20(18)26)30-14-29-21/h1-11,13H,12,14H2. The summed E-state index contributed by atoms with van der Waals surface area (Å²) in [6.07, 6.45) is 1.53. The van der Waals surface area contributed by atoms with Gasteiger partial charge in [-0.3, -0.25) is 9.59 Å². The fourth-order valence-electron chi connectivity index (χ4n) is 3.65. The van der Waals surface area contributed by atoms with Crippen LogP contribution in [0.25, 0.3) is 10.9 Å². The van der Waals surface area contributed by atoms with Crippen molar-refractivity contribution in [3.05, 3.63) is 106 Å². The van der Waals surface area contributed by atoms with Crippen LogP contribution in [0.15, 0.2) is 77.7 Å². The SMILES string of the molecule is O=C(c1ccccc1)c1cn(Cc2cccc(F)c2)c2cc3c(cc2c1=O)OCO3. The lowest BCUT2D eigenvalue weighted by Crippen LogP contribution is -2.20. The summed E-state index contributed by atoms with van der Waals surface area (Å²) in [5.41, 5.74) is 1.37. The second-order valence-corrected chi connectivity index (χ2v) is 7.05. The molecule has 5 rings (SSSR count). The van der Waals surface area contributed by atoms with E-state index in [1.165, 1.54) is 18.3 Å². The minimum absolute atomic E-state index is 0.0453. The van der Waals surface area contributed by atoms with Gasteiger partial charge in [-0.05, 0) is 23.8 Å². The molecule has 0 saturated carbocycles. The smallest absolute Gasteiger partial charge is 0.231 e. The number of benzene rings is 3. The number of aromatic nitrogens is 1. The topological polar surface area (TPSA) is 57.5 Å². The van der Waals surface area contributed by atoms with Crippen LogP contribution in [0.2, 0.25) is 0 Å². The van der Waals surface area contributed by atoms with E-state index in [-0.39, 0.29) is 35.9 Å². The first-order chi connectivity index (χ1) is 14.6. The van der Waals surface area contributed by atoms with Crippen LogP contribution in [0.4, 0.5) is 4.39 Å². The summed E-state index contributed by atoms with van der Waals surface area (Å²) in [6, 6.07) is 18.2. The zero-order chi connectivity index (χ0) is 20.7. The van der Waals surface area contributed by atoms with Crippen molar-refractivity contribution in [2.45, 2.75) is 6.54 Å². The van der Waals surface area contributed by atoms with Gasteiger partial charge in [0.15, 0.2) is 17.3 Å². The molecule has 0 radical (unpaired) electrons. The number of rotatable bonds is 4. The molecule has 2 heterocycles. The van der Waals surface area contributed by atoms with Gasteiger partial charge in [0.2, 0.25) is 12.2 Å². The van der Waals surface area contributed by atoms with Crippen molar-refractivity contribution in [2.75, 3.05) is 6.79 Å². The van der Waals surface area contributed by atoms with Crippen LogP contribution in [0.1, 0.15) is 21.5 Å². The lowest BCUT2D eigenvalue weighted by atomic mass is 10.0. The third kappa shape index (κ3) is 3.12. The molecular weight excluding hydrogens is 385 g/mol. The van der Waals surface area contributed by atoms with Crippen molar-refractivity contribution in [2.24, 2.45) is 0 Å². The van der Waals surface area contributed by atoms with Gasteiger partial charge in [0, 0.05) is 24.4 Å². The molecule has 0 atom stereocenters. The molecule has 0 N–H and O–H groups in total. The molecule has 0 bridgehead atoms. The Balaban J connectivity index is 1.73. The molecule has 0 aliphatic carbocycles. The van der Waals surface area contributed by atoms with Crippen LogP contribution in [0, 0.1) is 5.82 Å². The normalized spacial score (nSPS) is 12.3. The molecule has 0 amide bonds. The third-order valence-electron chi connectivity index (χ3n) is 5.10. The molecule has 0 saturated heterocycles. The number of carbonyl (C=O) groups is 1. The van der Waals surface area contributed by atoms with Crippen molar-refractivity contribution in [3.8, 4) is 11.5 Å². The number of carbonyl (C=O) groups excluding carboxylic acids is 1. The van der Waals surface area contributed by atoms with Gasteiger partial charge < -0.3 is 14.0 Å². The third-order valence-corrected chi connectivity index (χ3v) is 5.10. The minimum Gasteiger partial charge on any atom is -0.454 e. The molecule has 5 nitrogen and oxygen atoms in total. The predicted molar refractivity (Wildman–Crippen MR) is 110 cm³/mol. The Bertz CT molecular complexity index is 1340. The molecule has 0 unspecified atom stereocenters. The number of nitrogens with zero attached hydrogens (tertiary/aromatic N) is 1. The zero-order valence-electron chi connectivity index (χ0n) is 15.8. The van der Waals surface area contributed by atoms with Crippen LogP contribution in [-0.4, -0.2) is 17.1 Å². The van der Waals surface area contributed by atoms with Gasteiger partial charge in [0.1, 0.15) is 5.82 Å². The summed E-state index contributed by atoms with van der Waals surface area (Å²) in [7, 11) is 0. The van der Waals surface area contributed by atoms with Crippen molar-refractivity contribution in [1.29, 1.82) is 0 Å². The summed E-state index contributed by atoms with van der Waals surface area (Å²) >= 11 is 0. The van der Waals surface area contributed by atoms with Crippen LogP contribution in [0.5, 0.6) is 11.5 Å². The Morgan fingerprint density at radius 3 is 2.50 bits per heavy atom. The largest absolute Gasteiger partial charge is 0.454 e. The van der Waals surface area contributed by atoms with E-state index in [4.69, 9.17) is 9.47 Å². The Morgan fingerprint density at radius 1 is 0.967 bits per heavy atom. The van der Waals surface area contributed by atoms with Gasteiger partial charge in [-0.25, -0.2) is 4.39 Å².